The number of amides is 1. The number of benzene rings is 1. The zero-order chi connectivity index (χ0) is 19.7. The summed E-state index contributed by atoms with van der Waals surface area (Å²) in [5, 5.41) is 20.7. The molecular weight excluding hydrogens is 358 g/mol. The molecule has 2 heterocycles. The van der Waals surface area contributed by atoms with E-state index in [1.165, 1.54) is 11.8 Å². The molecule has 0 bridgehead atoms. The van der Waals surface area contributed by atoms with Crippen LogP contribution >= 0.6 is 0 Å². The monoisotopic (exact) mass is 381 g/mol. The van der Waals surface area contributed by atoms with Crippen LogP contribution in [0, 0.1) is 0 Å². The third-order valence-corrected chi connectivity index (χ3v) is 4.90. The molecule has 2 aromatic heterocycles. The van der Waals surface area contributed by atoms with E-state index in [9.17, 15) is 9.90 Å². The van der Waals surface area contributed by atoms with Gasteiger partial charge in [-0.2, -0.15) is 10.1 Å². The van der Waals surface area contributed by atoms with Crippen molar-refractivity contribution in [1.29, 1.82) is 0 Å². The largest absolute Gasteiger partial charge is 0.391 e. The van der Waals surface area contributed by atoms with E-state index in [0.29, 0.717) is 30.2 Å². The highest BCUT2D eigenvalue weighted by Gasteiger charge is 2.25. The summed E-state index contributed by atoms with van der Waals surface area (Å²) >= 11 is 0. The normalized spacial score (nSPS) is 16.8. The summed E-state index contributed by atoms with van der Waals surface area (Å²) in [6.07, 6.45) is 5.10. The van der Waals surface area contributed by atoms with Crippen LogP contribution in [0.5, 0.6) is 0 Å². The topological polar surface area (TPSA) is 106 Å². The number of aliphatic hydroxyl groups excluding tert-OH is 1. The summed E-state index contributed by atoms with van der Waals surface area (Å²) in [5.74, 6) is 1.05. The minimum absolute atomic E-state index is 0.0341. The second-order valence-corrected chi connectivity index (χ2v) is 7.14. The number of hydrogen-bond donors (Lipinski definition) is 2. The Kier molecular flexibility index (Phi) is 4.95. The van der Waals surface area contributed by atoms with E-state index < -0.39 is 6.10 Å². The molecule has 0 spiro atoms. The quantitative estimate of drug-likeness (QED) is 0.679. The molecule has 0 unspecified atom stereocenters. The van der Waals surface area contributed by atoms with Gasteiger partial charge in [-0.05, 0) is 37.0 Å². The SMILES string of the molecule is CCc1nc(-c2ccc3c(c2)CC[C@H]3NC(=O)c2cnn(C[C@@H](C)O)c2)no1. The van der Waals surface area contributed by atoms with E-state index in [2.05, 4.69) is 26.6 Å². The first-order valence-corrected chi connectivity index (χ1v) is 9.50. The highest BCUT2D eigenvalue weighted by molar-refractivity contribution is 5.94. The van der Waals surface area contributed by atoms with Crippen LogP contribution in [0.25, 0.3) is 11.4 Å². The van der Waals surface area contributed by atoms with Gasteiger partial charge in [0.05, 0.1) is 30.5 Å². The highest BCUT2D eigenvalue weighted by Crippen LogP contribution is 2.34. The molecule has 28 heavy (non-hydrogen) atoms. The fraction of sp³-hybridized carbons (Fsp3) is 0.400. The number of hydrogen-bond acceptors (Lipinski definition) is 6. The number of nitrogens with one attached hydrogen (secondary N) is 1. The standard InChI is InChI=1S/C20H23N5O3/c1-3-18-23-19(24-28-18)14-4-6-16-13(8-14)5-7-17(16)22-20(27)15-9-21-25(11-15)10-12(2)26/h4,6,8-9,11-12,17,26H,3,5,7,10H2,1-2H3,(H,22,27)/t12-,17-/m1/s1. The van der Waals surface area contributed by atoms with Crippen molar-refractivity contribution >= 4 is 5.91 Å². The minimum Gasteiger partial charge on any atom is -0.391 e. The third-order valence-electron chi connectivity index (χ3n) is 4.90. The van der Waals surface area contributed by atoms with Crippen LogP contribution in [0.1, 0.15) is 53.7 Å². The predicted molar refractivity (Wildman–Crippen MR) is 102 cm³/mol. The second kappa shape index (κ2) is 7.55. The fourth-order valence-electron chi connectivity index (χ4n) is 3.52. The number of rotatable bonds is 6. The van der Waals surface area contributed by atoms with E-state index in [4.69, 9.17) is 4.52 Å². The molecule has 0 aliphatic heterocycles. The lowest BCUT2D eigenvalue weighted by Crippen LogP contribution is -2.26. The Balaban J connectivity index is 1.47. The van der Waals surface area contributed by atoms with Crippen molar-refractivity contribution < 1.29 is 14.4 Å². The number of aryl methyl sites for hydroxylation is 2. The molecule has 0 saturated heterocycles. The van der Waals surface area contributed by atoms with Crippen molar-refractivity contribution in [3.8, 4) is 11.4 Å². The smallest absolute Gasteiger partial charge is 0.254 e. The lowest BCUT2D eigenvalue weighted by molar-refractivity contribution is 0.0936. The first kappa shape index (κ1) is 18.4. The third kappa shape index (κ3) is 3.68. The number of carbonyl (C=O) groups excluding carboxylic acids is 1. The molecule has 4 rings (SSSR count). The lowest BCUT2D eigenvalue weighted by atomic mass is 10.0. The molecule has 8 heteroatoms. The molecule has 8 nitrogen and oxygen atoms in total. The van der Waals surface area contributed by atoms with E-state index in [0.717, 1.165) is 24.0 Å². The van der Waals surface area contributed by atoms with Gasteiger partial charge in [-0.25, -0.2) is 0 Å². The molecule has 1 amide bonds. The summed E-state index contributed by atoms with van der Waals surface area (Å²) in [4.78, 5) is 17.0. The number of aromatic nitrogens is 4. The zero-order valence-corrected chi connectivity index (χ0v) is 15.9. The van der Waals surface area contributed by atoms with Crippen molar-refractivity contribution in [2.45, 2.75) is 51.8 Å². The number of nitrogens with zero attached hydrogens (tertiary/aromatic N) is 4. The average Bonchev–Trinajstić information content (AvgIpc) is 3.40. The van der Waals surface area contributed by atoms with Crippen molar-refractivity contribution in [3.63, 3.8) is 0 Å². The van der Waals surface area contributed by atoms with Gasteiger partial charge in [0.2, 0.25) is 11.7 Å². The van der Waals surface area contributed by atoms with Crippen molar-refractivity contribution in [2.75, 3.05) is 0 Å². The van der Waals surface area contributed by atoms with Crippen LogP contribution in [0.4, 0.5) is 0 Å². The first-order chi connectivity index (χ1) is 13.5. The summed E-state index contributed by atoms with van der Waals surface area (Å²) in [6.45, 7) is 4.02. The van der Waals surface area contributed by atoms with Crippen molar-refractivity contribution in [1.82, 2.24) is 25.2 Å². The van der Waals surface area contributed by atoms with Crippen LogP contribution in [0.15, 0.2) is 35.1 Å². The van der Waals surface area contributed by atoms with E-state index >= 15 is 0 Å². The van der Waals surface area contributed by atoms with Gasteiger partial charge in [0, 0.05) is 18.2 Å². The van der Waals surface area contributed by atoms with Crippen LogP contribution in [-0.4, -0.2) is 37.0 Å². The maximum absolute atomic E-state index is 12.6. The van der Waals surface area contributed by atoms with Gasteiger partial charge in [0.15, 0.2) is 0 Å². The molecule has 146 valence electrons. The maximum Gasteiger partial charge on any atom is 0.254 e. The molecule has 0 saturated carbocycles. The van der Waals surface area contributed by atoms with Gasteiger partial charge in [-0.3, -0.25) is 9.48 Å². The van der Waals surface area contributed by atoms with Crippen LogP contribution < -0.4 is 5.32 Å². The molecule has 1 aromatic carbocycles. The van der Waals surface area contributed by atoms with Gasteiger partial charge >= 0.3 is 0 Å². The van der Waals surface area contributed by atoms with Crippen molar-refractivity contribution in [3.05, 3.63) is 53.2 Å². The Morgan fingerprint density at radius 2 is 2.32 bits per heavy atom. The predicted octanol–water partition coefficient (Wildman–Crippen LogP) is 2.29. The van der Waals surface area contributed by atoms with Gasteiger partial charge in [-0.1, -0.05) is 24.2 Å². The zero-order valence-electron chi connectivity index (χ0n) is 15.9. The second-order valence-electron chi connectivity index (χ2n) is 7.14. The average molecular weight is 381 g/mol. The Bertz CT molecular complexity index is 991. The Morgan fingerprint density at radius 1 is 1.46 bits per heavy atom. The van der Waals surface area contributed by atoms with Crippen LogP contribution in [-0.2, 0) is 19.4 Å². The molecule has 0 radical (unpaired) electrons. The minimum atomic E-state index is -0.515. The Morgan fingerprint density at radius 3 is 3.07 bits per heavy atom. The summed E-state index contributed by atoms with van der Waals surface area (Å²) in [7, 11) is 0. The van der Waals surface area contributed by atoms with Gasteiger partial charge in [0.1, 0.15) is 0 Å². The Hall–Kier alpha value is -3.00. The molecular formula is C20H23N5O3. The highest BCUT2D eigenvalue weighted by atomic mass is 16.5. The lowest BCUT2D eigenvalue weighted by Gasteiger charge is -2.13. The molecule has 2 atom stereocenters. The fourth-order valence-corrected chi connectivity index (χ4v) is 3.52. The number of fused-ring (bicyclic) bond motifs is 1. The van der Waals surface area contributed by atoms with Gasteiger partial charge in [-0.15, -0.1) is 0 Å². The van der Waals surface area contributed by atoms with E-state index in [1.807, 2.05) is 19.1 Å². The summed E-state index contributed by atoms with van der Waals surface area (Å²) in [6, 6.07) is 6.04. The van der Waals surface area contributed by atoms with Gasteiger partial charge < -0.3 is 14.9 Å². The molecule has 0 fully saturated rings. The molecule has 3 aromatic rings. The van der Waals surface area contributed by atoms with Crippen LogP contribution in [0.3, 0.4) is 0 Å². The molecule has 1 aliphatic carbocycles. The summed E-state index contributed by atoms with van der Waals surface area (Å²) < 4.78 is 6.77. The van der Waals surface area contributed by atoms with E-state index in [-0.39, 0.29) is 11.9 Å². The maximum atomic E-state index is 12.6. The number of aliphatic hydroxyl groups is 1. The number of carbonyl (C=O) groups is 1. The summed E-state index contributed by atoms with van der Waals surface area (Å²) in [5.41, 5.74) is 3.72. The molecule has 1 aliphatic rings. The van der Waals surface area contributed by atoms with Crippen molar-refractivity contribution in [2.24, 2.45) is 0 Å². The molecule has 2 N–H and O–H groups in total. The first-order valence-electron chi connectivity index (χ1n) is 9.50. The van der Waals surface area contributed by atoms with Crippen LogP contribution in [0.2, 0.25) is 0 Å². The van der Waals surface area contributed by atoms with E-state index in [1.54, 1.807) is 17.8 Å². The Labute approximate surface area is 162 Å². The van der Waals surface area contributed by atoms with Gasteiger partial charge in [0.25, 0.3) is 5.91 Å².